The summed E-state index contributed by atoms with van der Waals surface area (Å²) in [6.07, 6.45) is 0. The van der Waals surface area contributed by atoms with E-state index in [0.717, 1.165) is 4.90 Å². The van der Waals surface area contributed by atoms with E-state index < -0.39 is 35.2 Å². The van der Waals surface area contributed by atoms with Crippen LogP contribution < -0.4 is 4.90 Å². The first-order chi connectivity index (χ1) is 14.9. The lowest BCUT2D eigenvalue weighted by Gasteiger charge is -2.51. The van der Waals surface area contributed by atoms with Crippen LogP contribution in [-0.2, 0) is 15.2 Å². The summed E-state index contributed by atoms with van der Waals surface area (Å²) in [5.74, 6) is -4.05. The van der Waals surface area contributed by atoms with Crippen molar-refractivity contribution in [2.24, 2.45) is 11.8 Å². The Hall–Kier alpha value is -3.35. The van der Waals surface area contributed by atoms with Gasteiger partial charge in [-0.15, -0.1) is 0 Å². The number of carbonyl (C=O) groups excluding carboxylic acids is 2. The summed E-state index contributed by atoms with van der Waals surface area (Å²) in [7, 11) is 0. The van der Waals surface area contributed by atoms with E-state index in [9.17, 15) is 24.9 Å². The monoisotopic (exact) mass is 433 g/mol. The number of rotatable bonds is 1. The third-order valence-corrected chi connectivity index (χ3v) is 7.04. The highest BCUT2D eigenvalue weighted by Gasteiger charge is 2.69. The highest BCUT2D eigenvalue weighted by atomic mass is 35.5. The fraction of sp³-hybridized carbons (Fsp3) is 0.167. The molecule has 0 saturated carbocycles. The number of aromatic hydroxyl groups is 2. The molecule has 0 radical (unpaired) electrons. The summed E-state index contributed by atoms with van der Waals surface area (Å²) in [4.78, 5) is 28.3. The molecule has 0 spiro atoms. The number of nitrogens with zero attached hydrogens (tertiary/aromatic N) is 1. The lowest BCUT2D eigenvalue weighted by atomic mass is 9.52. The number of carbonyl (C=O) groups is 2. The molecule has 4 aliphatic rings. The van der Waals surface area contributed by atoms with Crippen LogP contribution in [0, 0.1) is 11.8 Å². The first-order valence-electron chi connectivity index (χ1n) is 9.86. The molecule has 2 unspecified atom stereocenters. The Morgan fingerprint density at radius 2 is 1.42 bits per heavy atom. The van der Waals surface area contributed by atoms with E-state index in [-0.39, 0.29) is 22.6 Å². The zero-order chi connectivity index (χ0) is 21.7. The molecule has 2 amide bonds. The average molecular weight is 434 g/mol. The van der Waals surface area contributed by atoms with Crippen molar-refractivity contribution in [2.45, 2.75) is 11.5 Å². The van der Waals surface area contributed by atoms with Gasteiger partial charge in [-0.25, -0.2) is 4.90 Å². The number of amides is 2. The maximum absolute atomic E-state index is 13.6. The number of imide groups is 1. The molecule has 3 aromatic rings. The van der Waals surface area contributed by atoms with Crippen molar-refractivity contribution >= 4 is 29.1 Å². The third kappa shape index (κ3) is 2.06. The summed E-state index contributed by atoms with van der Waals surface area (Å²) in [5.41, 5.74) is -0.233. The molecule has 3 N–H and O–H groups in total. The van der Waals surface area contributed by atoms with Gasteiger partial charge in [-0.3, -0.25) is 9.59 Å². The fourth-order valence-corrected chi connectivity index (χ4v) is 5.98. The van der Waals surface area contributed by atoms with Crippen LogP contribution in [-0.4, -0.2) is 27.1 Å². The SMILES string of the molecule is O=C1C2C3c4cccc(O)c4C(O)(c4c(O)cccc43)C2C(=O)N1c1cccc(Cl)c1. The normalized spacial score (nSPS) is 27.8. The molecule has 7 heteroatoms. The summed E-state index contributed by atoms with van der Waals surface area (Å²) < 4.78 is 0. The second-order valence-electron chi connectivity index (χ2n) is 8.22. The Balaban J connectivity index is 1.66. The number of hydrogen-bond acceptors (Lipinski definition) is 5. The maximum atomic E-state index is 13.6. The van der Waals surface area contributed by atoms with E-state index >= 15 is 0 Å². The van der Waals surface area contributed by atoms with E-state index in [4.69, 9.17) is 11.6 Å². The Morgan fingerprint density at radius 3 is 2.00 bits per heavy atom. The van der Waals surface area contributed by atoms with Crippen LogP contribution in [0.25, 0.3) is 0 Å². The number of aliphatic hydroxyl groups is 1. The first kappa shape index (κ1) is 18.4. The highest BCUT2D eigenvalue weighted by molar-refractivity contribution is 6.31. The molecule has 2 bridgehead atoms. The van der Waals surface area contributed by atoms with Crippen molar-refractivity contribution in [3.05, 3.63) is 87.9 Å². The Kier molecular flexibility index (Phi) is 3.49. The second-order valence-corrected chi connectivity index (χ2v) is 8.66. The largest absolute Gasteiger partial charge is 0.508 e. The summed E-state index contributed by atoms with van der Waals surface area (Å²) in [6.45, 7) is 0. The van der Waals surface area contributed by atoms with Crippen molar-refractivity contribution < 1.29 is 24.9 Å². The number of phenols is 2. The predicted molar refractivity (Wildman–Crippen MR) is 112 cm³/mol. The van der Waals surface area contributed by atoms with Gasteiger partial charge in [0, 0.05) is 22.1 Å². The quantitative estimate of drug-likeness (QED) is 0.512. The first-order valence-corrected chi connectivity index (χ1v) is 10.2. The Labute approximate surface area is 181 Å². The Bertz CT molecular complexity index is 1270. The van der Waals surface area contributed by atoms with Gasteiger partial charge in [-0.2, -0.15) is 0 Å². The number of halogens is 1. The van der Waals surface area contributed by atoms with E-state index in [2.05, 4.69) is 0 Å². The van der Waals surface area contributed by atoms with E-state index in [1.807, 2.05) is 0 Å². The predicted octanol–water partition coefficient (Wildman–Crippen LogP) is 3.25. The minimum atomic E-state index is -2.05. The number of benzene rings is 3. The molecule has 1 aliphatic heterocycles. The van der Waals surface area contributed by atoms with Crippen LogP contribution in [0.4, 0.5) is 5.69 Å². The maximum Gasteiger partial charge on any atom is 0.241 e. The fourth-order valence-electron chi connectivity index (χ4n) is 5.79. The van der Waals surface area contributed by atoms with Gasteiger partial charge >= 0.3 is 0 Å². The van der Waals surface area contributed by atoms with Crippen LogP contribution >= 0.6 is 11.6 Å². The zero-order valence-corrected chi connectivity index (χ0v) is 16.7. The second kappa shape index (κ2) is 5.87. The minimum Gasteiger partial charge on any atom is -0.508 e. The van der Waals surface area contributed by atoms with Gasteiger partial charge in [0.2, 0.25) is 11.8 Å². The third-order valence-electron chi connectivity index (χ3n) is 6.81. The van der Waals surface area contributed by atoms with Gasteiger partial charge in [0.15, 0.2) is 0 Å². The van der Waals surface area contributed by atoms with E-state index in [1.54, 1.807) is 42.5 Å². The molecule has 7 rings (SSSR count). The lowest BCUT2D eigenvalue weighted by Crippen LogP contribution is -2.53. The van der Waals surface area contributed by atoms with Gasteiger partial charge in [-0.1, -0.05) is 41.9 Å². The summed E-state index contributed by atoms with van der Waals surface area (Å²) >= 11 is 6.09. The molecule has 0 aromatic heterocycles. The van der Waals surface area contributed by atoms with Crippen LogP contribution in [0.5, 0.6) is 11.5 Å². The molecular formula is C24H16ClNO5. The van der Waals surface area contributed by atoms with Crippen LogP contribution in [0.2, 0.25) is 5.02 Å². The van der Waals surface area contributed by atoms with Gasteiger partial charge in [0.05, 0.1) is 17.5 Å². The zero-order valence-electron chi connectivity index (χ0n) is 16.0. The topological polar surface area (TPSA) is 98.1 Å². The van der Waals surface area contributed by atoms with Crippen LogP contribution in [0.15, 0.2) is 60.7 Å². The van der Waals surface area contributed by atoms with Gasteiger partial charge < -0.3 is 15.3 Å². The van der Waals surface area contributed by atoms with Gasteiger partial charge in [-0.05, 0) is 41.5 Å². The molecular weight excluding hydrogens is 418 g/mol. The Morgan fingerprint density at radius 1 is 0.839 bits per heavy atom. The molecule has 3 aromatic carbocycles. The molecule has 1 heterocycles. The molecule has 31 heavy (non-hydrogen) atoms. The molecule has 1 saturated heterocycles. The molecule has 154 valence electrons. The number of anilines is 1. The van der Waals surface area contributed by atoms with Crippen molar-refractivity contribution in [3.63, 3.8) is 0 Å². The van der Waals surface area contributed by atoms with Crippen molar-refractivity contribution in [1.82, 2.24) is 0 Å². The van der Waals surface area contributed by atoms with Crippen LogP contribution in [0.3, 0.4) is 0 Å². The molecule has 6 nitrogen and oxygen atoms in total. The summed E-state index contributed by atoms with van der Waals surface area (Å²) in [6, 6.07) is 16.1. The van der Waals surface area contributed by atoms with Gasteiger partial charge in [0.25, 0.3) is 0 Å². The lowest BCUT2D eigenvalue weighted by molar-refractivity contribution is -0.133. The number of phenolic OH excluding ortho intramolecular Hbond substituents is 2. The van der Waals surface area contributed by atoms with Crippen molar-refractivity contribution in [1.29, 1.82) is 0 Å². The average Bonchev–Trinajstić information content (AvgIpc) is 3.00. The number of hydrogen-bond donors (Lipinski definition) is 3. The van der Waals surface area contributed by atoms with Crippen molar-refractivity contribution in [2.75, 3.05) is 4.90 Å². The highest BCUT2D eigenvalue weighted by Crippen LogP contribution is 2.66. The standard InChI is InChI=1S/C24H16ClNO5/c25-11-4-1-5-12(10-11)26-22(29)18-17-13-6-2-8-15(27)19(13)24(31,21(18)23(26)30)20-14(17)7-3-9-16(20)28/h1-10,17-18,21,27-28,31H. The smallest absolute Gasteiger partial charge is 0.241 e. The minimum absolute atomic E-state index is 0.171. The molecule has 3 aliphatic carbocycles. The van der Waals surface area contributed by atoms with Crippen molar-refractivity contribution in [3.8, 4) is 11.5 Å². The van der Waals surface area contributed by atoms with Crippen LogP contribution in [0.1, 0.15) is 28.2 Å². The molecule has 1 fully saturated rings. The summed E-state index contributed by atoms with van der Waals surface area (Å²) in [5, 5.41) is 33.9. The van der Waals surface area contributed by atoms with Gasteiger partial charge in [0.1, 0.15) is 17.1 Å². The van der Waals surface area contributed by atoms with E-state index in [1.165, 1.54) is 18.2 Å². The molecule has 2 atom stereocenters. The van der Waals surface area contributed by atoms with E-state index in [0.29, 0.717) is 21.8 Å².